The standard InChI is InChI=1S/C19H33N3O3/c1-6-18(4,5)14-7-9-19(10-8-14)16(24)22(17(25)21-19)12-15(23)20-11-13(2)3/h13-14H,6-12H2,1-5H3,(H,20,23)(H,21,25). The molecule has 1 saturated heterocycles. The second-order valence-electron chi connectivity index (χ2n) is 8.72. The summed E-state index contributed by atoms with van der Waals surface area (Å²) in [4.78, 5) is 38.2. The minimum absolute atomic E-state index is 0.191. The van der Waals surface area contributed by atoms with E-state index < -0.39 is 11.6 Å². The van der Waals surface area contributed by atoms with Crippen molar-refractivity contribution in [2.45, 2.75) is 72.3 Å². The Morgan fingerprint density at radius 2 is 1.92 bits per heavy atom. The van der Waals surface area contributed by atoms with Gasteiger partial charge >= 0.3 is 6.03 Å². The van der Waals surface area contributed by atoms with Crippen LogP contribution in [0.1, 0.15) is 66.7 Å². The molecule has 25 heavy (non-hydrogen) atoms. The van der Waals surface area contributed by atoms with Gasteiger partial charge in [-0.05, 0) is 42.9 Å². The number of hydrogen-bond acceptors (Lipinski definition) is 3. The zero-order chi connectivity index (χ0) is 18.8. The summed E-state index contributed by atoms with van der Waals surface area (Å²) in [7, 11) is 0. The molecule has 1 aliphatic carbocycles. The van der Waals surface area contributed by atoms with Crippen molar-refractivity contribution in [3.05, 3.63) is 0 Å². The second kappa shape index (κ2) is 7.34. The van der Waals surface area contributed by atoms with Crippen LogP contribution in [0.2, 0.25) is 0 Å². The number of urea groups is 1. The number of rotatable bonds is 6. The van der Waals surface area contributed by atoms with Gasteiger partial charge in [0.2, 0.25) is 5.91 Å². The molecule has 2 aliphatic rings. The Balaban J connectivity index is 1.98. The van der Waals surface area contributed by atoms with E-state index in [0.29, 0.717) is 31.2 Å². The Morgan fingerprint density at radius 1 is 1.32 bits per heavy atom. The van der Waals surface area contributed by atoms with Crippen LogP contribution in [0.25, 0.3) is 0 Å². The molecule has 1 aliphatic heterocycles. The smallest absolute Gasteiger partial charge is 0.325 e. The SMILES string of the molecule is CCC(C)(C)C1CCC2(CC1)NC(=O)N(CC(=O)NCC(C)C)C2=O. The van der Waals surface area contributed by atoms with E-state index in [2.05, 4.69) is 31.4 Å². The lowest BCUT2D eigenvalue weighted by Crippen LogP contribution is -2.51. The quantitative estimate of drug-likeness (QED) is 0.722. The van der Waals surface area contributed by atoms with Crippen LogP contribution in [-0.2, 0) is 9.59 Å². The first-order valence-electron chi connectivity index (χ1n) is 9.52. The number of carbonyl (C=O) groups excluding carboxylic acids is 3. The highest BCUT2D eigenvalue weighted by Crippen LogP contribution is 2.45. The Bertz CT molecular complexity index is 534. The number of amides is 4. The van der Waals surface area contributed by atoms with Crippen molar-refractivity contribution < 1.29 is 14.4 Å². The summed E-state index contributed by atoms with van der Waals surface area (Å²) < 4.78 is 0. The van der Waals surface area contributed by atoms with Crippen LogP contribution >= 0.6 is 0 Å². The minimum Gasteiger partial charge on any atom is -0.354 e. The van der Waals surface area contributed by atoms with Gasteiger partial charge in [-0.2, -0.15) is 0 Å². The molecule has 1 saturated carbocycles. The summed E-state index contributed by atoms with van der Waals surface area (Å²) >= 11 is 0. The molecule has 1 heterocycles. The summed E-state index contributed by atoms with van der Waals surface area (Å²) in [5.74, 6) is 0.381. The molecule has 0 aromatic rings. The summed E-state index contributed by atoms with van der Waals surface area (Å²) in [5, 5.41) is 5.65. The van der Waals surface area contributed by atoms with Gasteiger partial charge in [0.05, 0.1) is 0 Å². The minimum atomic E-state index is -0.796. The lowest BCUT2D eigenvalue weighted by molar-refractivity contribution is -0.136. The maximum atomic E-state index is 12.9. The molecule has 0 radical (unpaired) electrons. The molecule has 0 aromatic carbocycles. The van der Waals surface area contributed by atoms with Gasteiger partial charge in [-0.25, -0.2) is 4.79 Å². The highest BCUT2D eigenvalue weighted by atomic mass is 16.2. The third-order valence-electron chi connectivity index (χ3n) is 6.11. The Hall–Kier alpha value is -1.59. The first kappa shape index (κ1) is 19.7. The summed E-state index contributed by atoms with van der Waals surface area (Å²) in [6.45, 7) is 11.1. The molecule has 2 rings (SSSR count). The molecule has 6 heteroatoms. The first-order chi connectivity index (χ1) is 11.6. The highest BCUT2D eigenvalue weighted by molar-refractivity contribution is 6.09. The Morgan fingerprint density at radius 3 is 2.44 bits per heavy atom. The number of imide groups is 1. The van der Waals surface area contributed by atoms with E-state index in [1.807, 2.05) is 13.8 Å². The van der Waals surface area contributed by atoms with Crippen molar-refractivity contribution in [2.75, 3.05) is 13.1 Å². The molecule has 0 aromatic heterocycles. The van der Waals surface area contributed by atoms with Gasteiger partial charge in [0.15, 0.2) is 0 Å². The van der Waals surface area contributed by atoms with Crippen molar-refractivity contribution >= 4 is 17.8 Å². The van der Waals surface area contributed by atoms with Crippen LogP contribution in [0.3, 0.4) is 0 Å². The second-order valence-corrected chi connectivity index (χ2v) is 8.72. The normalized spacial score (nSPS) is 27.1. The Labute approximate surface area is 151 Å². The third kappa shape index (κ3) is 4.15. The van der Waals surface area contributed by atoms with E-state index in [-0.39, 0.29) is 23.8 Å². The van der Waals surface area contributed by atoms with Crippen LogP contribution in [0, 0.1) is 17.3 Å². The van der Waals surface area contributed by atoms with E-state index in [1.165, 1.54) is 0 Å². The number of nitrogens with one attached hydrogen (secondary N) is 2. The average Bonchev–Trinajstić information content (AvgIpc) is 2.77. The maximum absolute atomic E-state index is 12.9. The predicted molar refractivity (Wildman–Crippen MR) is 96.9 cm³/mol. The monoisotopic (exact) mass is 351 g/mol. The predicted octanol–water partition coefficient (Wildman–Crippen LogP) is 2.68. The fourth-order valence-electron chi connectivity index (χ4n) is 3.86. The topological polar surface area (TPSA) is 78.5 Å². The molecule has 142 valence electrons. The van der Waals surface area contributed by atoms with Crippen molar-refractivity contribution in [3.8, 4) is 0 Å². The van der Waals surface area contributed by atoms with Crippen LogP contribution in [-0.4, -0.2) is 41.4 Å². The van der Waals surface area contributed by atoms with Gasteiger partial charge < -0.3 is 10.6 Å². The van der Waals surface area contributed by atoms with E-state index >= 15 is 0 Å². The van der Waals surface area contributed by atoms with Gasteiger partial charge in [0.25, 0.3) is 5.91 Å². The van der Waals surface area contributed by atoms with Gasteiger partial charge in [-0.1, -0.05) is 41.0 Å². The zero-order valence-corrected chi connectivity index (χ0v) is 16.3. The third-order valence-corrected chi connectivity index (χ3v) is 6.11. The van der Waals surface area contributed by atoms with Gasteiger partial charge in [0.1, 0.15) is 12.1 Å². The molecular weight excluding hydrogens is 318 g/mol. The molecule has 0 unspecified atom stereocenters. The molecule has 1 spiro atoms. The molecule has 2 N–H and O–H groups in total. The molecule has 0 atom stereocenters. The molecule has 4 amide bonds. The zero-order valence-electron chi connectivity index (χ0n) is 16.3. The van der Waals surface area contributed by atoms with Crippen LogP contribution < -0.4 is 10.6 Å². The van der Waals surface area contributed by atoms with E-state index in [9.17, 15) is 14.4 Å². The molecule has 6 nitrogen and oxygen atoms in total. The van der Waals surface area contributed by atoms with Crippen molar-refractivity contribution in [2.24, 2.45) is 17.3 Å². The van der Waals surface area contributed by atoms with Crippen molar-refractivity contribution in [1.29, 1.82) is 0 Å². The number of carbonyl (C=O) groups is 3. The van der Waals surface area contributed by atoms with E-state index in [1.54, 1.807) is 0 Å². The van der Waals surface area contributed by atoms with Crippen molar-refractivity contribution in [3.63, 3.8) is 0 Å². The van der Waals surface area contributed by atoms with Crippen molar-refractivity contribution in [1.82, 2.24) is 15.5 Å². The van der Waals surface area contributed by atoms with Crippen LogP contribution in [0.5, 0.6) is 0 Å². The average molecular weight is 351 g/mol. The van der Waals surface area contributed by atoms with Gasteiger partial charge in [-0.15, -0.1) is 0 Å². The van der Waals surface area contributed by atoms with E-state index in [4.69, 9.17) is 0 Å². The molecule has 0 bridgehead atoms. The lowest BCUT2D eigenvalue weighted by atomic mass is 9.65. The van der Waals surface area contributed by atoms with Gasteiger partial charge in [-0.3, -0.25) is 14.5 Å². The fraction of sp³-hybridized carbons (Fsp3) is 0.842. The first-order valence-corrected chi connectivity index (χ1v) is 9.52. The molecule has 2 fully saturated rings. The fourth-order valence-corrected chi connectivity index (χ4v) is 3.86. The van der Waals surface area contributed by atoms with E-state index in [0.717, 1.165) is 24.2 Å². The molecular formula is C19H33N3O3. The summed E-state index contributed by atoms with van der Waals surface area (Å²) in [6.07, 6.45) is 4.29. The summed E-state index contributed by atoms with van der Waals surface area (Å²) in [6, 6.07) is -0.433. The maximum Gasteiger partial charge on any atom is 0.325 e. The summed E-state index contributed by atoms with van der Waals surface area (Å²) in [5.41, 5.74) is -0.542. The van der Waals surface area contributed by atoms with Gasteiger partial charge in [0, 0.05) is 6.54 Å². The number of hydrogen-bond donors (Lipinski definition) is 2. The largest absolute Gasteiger partial charge is 0.354 e. The Kier molecular flexibility index (Phi) is 5.79. The van der Waals surface area contributed by atoms with Crippen LogP contribution in [0.15, 0.2) is 0 Å². The number of nitrogens with zero attached hydrogens (tertiary/aromatic N) is 1. The highest BCUT2D eigenvalue weighted by Gasteiger charge is 2.53. The van der Waals surface area contributed by atoms with Crippen LogP contribution in [0.4, 0.5) is 4.79 Å². The lowest BCUT2D eigenvalue weighted by Gasteiger charge is -2.42.